The maximum atomic E-state index is 11.8. The van der Waals surface area contributed by atoms with Gasteiger partial charge in [-0.3, -0.25) is 0 Å². The molecule has 102 valence electrons. The van der Waals surface area contributed by atoms with E-state index in [4.69, 9.17) is 9.84 Å². The zero-order chi connectivity index (χ0) is 13.1. The molecule has 9 heteroatoms. The number of sulfonamides is 1. The number of hydrogen-bond donors (Lipinski definition) is 2. The predicted molar refractivity (Wildman–Crippen MR) is 61.9 cm³/mol. The van der Waals surface area contributed by atoms with Crippen LogP contribution in [0.25, 0.3) is 0 Å². The molecule has 7 nitrogen and oxygen atoms in total. The lowest BCUT2D eigenvalue weighted by Crippen LogP contribution is -2.45. The summed E-state index contributed by atoms with van der Waals surface area (Å²) in [6.07, 6.45) is 0.1000. The number of hydrogen-bond acceptors (Lipinski definition) is 6. The molecule has 0 bridgehead atoms. The van der Waals surface area contributed by atoms with Gasteiger partial charge in [0, 0.05) is 7.11 Å². The quantitative estimate of drug-likeness (QED) is 0.590. The normalized spacial score (nSPS) is 25.9. The highest BCUT2D eigenvalue weighted by Gasteiger charge is 2.37. The second-order valence-electron chi connectivity index (χ2n) is 4.02. The van der Waals surface area contributed by atoms with Gasteiger partial charge >= 0.3 is 0 Å². The van der Waals surface area contributed by atoms with Gasteiger partial charge in [0.2, 0.25) is 10.0 Å². The zero-order valence-electron chi connectivity index (χ0n) is 9.50. The summed E-state index contributed by atoms with van der Waals surface area (Å²) in [6.45, 7) is -0.359. The fourth-order valence-electron chi connectivity index (χ4n) is 1.66. The first-order valence-electron chi connectivity index (χ1n) is 5.12. The molecular weight excluding hydrogens is 270 g/mol. The molecule has 1 aliphatic rings. The number of rotatable bonds is 6. The van der Waals surface area contributed by atoms with E-state index in [1.807, 2.05) is 0 Å². The lowest BCUT2D eigenvalue weighted by molar-refractivity contribution is 0.139. The largest absolute Gasteiger partial charge is 0.395 e. The summed E-state index contributed by atoms with van der Waals surface area (Å²) in [5.74, 6) is -0.458. The van der Waals surface area contributed by atoms with Crippen molar-refractivity contribution in [3.8, 4) is 0 Å². The highest BCUT2D eigenvalue weighted by molar-refractivity contribution is 7.95. The monoisotopic (exact) mass is 287 g/mol. The van der Waals surface area contributed by atoms with E-state index in [1.54, 1.807) is 0 Å². The molecule has 1 fully saturated rings. The van der Waals surface area contributed by atoms with E-state index in [-0.39, 0.29) is 24.5 Å². The fraction of sp³-hybridized carbons (Fsp3) is 1.00. The molecule has 0 radical (unpaired) electrons. The average molecular weight is 287 g/mol. The second-order valence-corrected chi connectivity index (χ2v) is 8.24. The van der Waals surface area contributed by atoms with Gasteiger partial charge in [-0.05, 0) is 6.42 Å². The van der Waals surface area contributed by atoms with Crippen molar-refractivity contribution in [3.05, 3.63) is 0 Å². The highest BCUT2D eigenvalue weighted by atomic mass is 32.2. The minimum atomic E-state index is -3.73. The van der Waals surface area contributed by atoms with Crippen LogP contribution in [0.15, 0.2) is 0 Å². The number of methoxy groups -OCH3 is 1. The fourth-order valence-corrected chi connectivity index (χ4v) is 5.92. The van der Waals surface area contributed by atoms with E-state index in [9.17, 15) is 16.8 Å². The van der Waals surface area contributed by atoms with Crippen molar-refractivity contribution in [1.29, 1.82) is 0 Å². The summed E-state index contributed by atoms with van der Waals surface area (Å²) in [5, 5.41) is 8.01. The molecule has 1 rings (SSSR count). The second kappa shape index (κ2) is 5.61. The molecule has 0 aromatic heterocycles. The average Bonchev–Trinajstić information content (AvgIpc) is 2.58. The van der Waals surface area contributed by atoms with Gasteiger partial charge in [0.25, 0.3) is 0 Å². The summed E-state index contributed by atoms with van der Waals surface area (Å²) < 4.78 is 53.0. The Kier molecular flexibility index (Phi) is 4.90. The first-order chi connectivity index (χ1) is 7.80. The van der Waals surface area contributed by atoms with E-state index in [0.29, 0.717) is 0 Å². The van der Waals surface area contributed by atoms with Crippen LogP contribution in [0.4, 0.5) is 0 Å². The van der Waals surface area contributed by atoms with Crippen molar-refractivity contribution in [2.45, 2.75) is 17.7 Å². The van der Waals surface area contributed by atoms with E-state index in [2.05, 4.69) is 4.72 Å². The smallest absolute Gasteiger partial charge is 0.215 e. The molecule has 0 aromatic carbocycles. The van der Waals surface area contributed by atoms with Gasteiger partial charge in [-0.25, -0.2) is 21.6 Å². The third-order valence-corrected chi connectivity index (χ3v) is 6.47. The molecule has 2 unspecified atom stereocenters. The van der Waals surface area contributed by atoms with Gasteiger partial charge in [-0.2, -0.15) is 0 Å². The molecule has 1 saturated heterocycles. The topological polar surface area (TPSA) is 110 Å². The Morgan fingerprint density at radius 2 is 2.18 bits per heavy atom. The third kappa shape index (κ3) is 4.18. The van der Waals surface area contributed by atoms with Crippen molar-refractivity contribution in [1.82, 2.24) is 4.72 Å². The standard InChI is InChI=1S/C8H17NO6S2/c1-15-5-7(4-10)9-17(13,14)8-2-3-16(11,12)6-8/h7-10H,2-6H2,1H3. The number of nitrogens with one attached hydrogen (secondary N) is 1. The van der Waals surface area contributed by atoms with Gasteiger partial charge in [-0.1, -0.05) is 0 Å². The van der Waals surface area contributed by atoms with Crippen LogP contribution >= 0.6 is 0 Å². The van der Waals surface area contributed by atoms with E-state index >= 15 is 0 Å². The zero-order valence-corrected chi connectivity index (χ0v) is 11.1. The number of aliphatic hydroxyl groups is 1. The van der Waals surface area contributed by atoms with Crippen molar-refractivity contribution >= 4 is 19.9 Å². The van der Waals surface area contributed by atoms with Crippen LogP contribution in [0.1, 0.15) is 6.42 Å². The molecule has 0 aliphatic carbocycles. The van der Waals surface area contributed by atoms with Crippen LogP contribution in [0.2, 0.25) is 0 Å². The first kappa shape index (κ1) is 14.8. The molecule has 0 aromatic rings. The molecule has 0 spiro atoms. The molecule has 17 heavy (non-hydrogen) atoms. The van der Waals surface area contributed by atoms with Crippen LogP contribution in [-0.4, -0.2) is 65.1 Å². The van der Waals surface area contributed by atoms with Crippen molar-refractivity contribution in [2.24, 2.45) is 0 Å². The van der Waals surface area contributed by atoms with Crippen molar-refractivity contribution in [2.75, 3.05) is 31.8 Å². The maximum Gasteiger partial charge on any atom is 0.215 e. The number of ether oxygens (including phenoxy) is 1. The molecule has 0 amide bonds. The van der Waals surface area contributed by atoms with Gasteiger partial charge in [0.15, 0.2) is 9.84 Å². The molecule has 1 heterocycles. The molecule has 1 aliphatic heterocycles. The first-order valence-corrected chi connectivity index (χ1v) is 8.49. The van der Waals surface area contributed by atoms with E-state index in [0.717, 1.165) is 0 Å². The minimum absolute atomic E-state index is 0.0369. The summed E-state index contributed by atoms with van der Waals surface area (Å²) in [7, 11) is -5.59. The predicted octanol–water partition coefficient (Wildman–Crippen LogP) is -1.90. The number of aliphatic hydroxyl groups excluding tert-OH is 1. The summed E-state index contributed by atoms with van der Waals surface area (Å²) in [5.41, 5.74) is 0. The van der Waals surface area contributed by atoms with Crippen molar-refractivity contribution < 1.29 is 26.7 Å². The molecule has 2 N–H and O–H groups in total. The maximum absolute atomic E-state index is 11.8. The Labute approximate surface area is 101 Å². The third-order valence-electron chi connectivity index (χ3n) is 2.55. The summed E-state index contributed by atoms with van der Waals surface area (Å²) in [4.78, 5) is 0. The number of sulfone groups is 1. The van der Waals surface area contributed by atoms with Crippen LogP contribution in [0.5, 0.6) is 0 Å². The molecular formula is C8H17NO6S2. The van der Waals surface area contributed by atoms with Crippen LogP contribution in [0, 0.1) is 0 Å². The summed E-state index contributed by atoms with van der Waals surface area (Å²) >= 11 is 0. The Bertz CT molecular complexity index is 443. The summed E-state index contributed by atoms with van der Waals surface area (Å²) in [6, 6.07) is -0.742. The molecule has 2 atom stereocenters. The van der Waals surface area contributed by atoms with Crippen LogP contribution in [-0.2, 0) is 24.6 Å². The Hall–Kier alpha value is -0.220. The van der Waals surface area contributed by atoms with Crippen LogP contribution in [0.3, 0.4) is 0 Å². The van der Waals surface area contributed by atoms with Gasteiger partial charge < -0.3 is 9.84 Å². The lowest BCUT2D eigenvalue weighted by atomic mass is 10.4. The Balaban J connectivity index is 2.69. The Morgan fingerprint density at radius 3 is 2.59 bits per heavy atom. The van der Waals surface area contributed by atoms with Crippen molar-refractivity contribution in [3.63, 3.8) is 0 Å². The van der Waals surface area contributed by atoms with Crippen LogP contribution < -0.4 is 4.72 Å². The van der Waals surface area contributed by atoms with E-state index in [1.165, 1.54) is 7.11 Å². The lowest BCUT2D eigenvalue weighted by Gasteiger charge is -2.18. The van der Waals surface area contributed by atoms with Gasteiger partial charge in [0.05, 0.1) is 36.0 Å². The minimum Gasteiger partial charge on any atom is -0.395 e. The van der Waals surface area contributed by atoms with E-state index < -0.39 is 37.8 Å². The Morgan fingerprint density at radius 1 is 1.53 bits per heavy atom. The van der Waals surface area contributed by atoms with Gasteiger partial charge in [0.1, 0.15) is 0 Å². The molecule has 0 saturated carbocycles. The SMILES string of the molecule is COCC(CO)NS(=O)(=O)C1CCS(=O)(=O)C1. The van der Waals surface area contributed by atoms with Gasteiger partial charge in [-0.15, -0.1) is 0 Å². The highest BCUT2D eigenvalue weighted by Crippen LogP contribution is 2.18.